The van der Waals surface area contributed by atoms with E-state index in [1.807, 2.05) is 0 Å². The number of carboxylic acids is 1. The third-order valence-electron chi connectivity index (χ3n) is 7.02. The Morgan fingerprint density at radius 3 is 2.48 bits per heavy atom. The van der Waals surface area contributed by atoms with Gasteiger partial charge in [-0.2, -0.15) is 5.10 Å². The number of benzene rings is 2. The fourth-order valence-corrected chi connectivity index (χ4v) is 5.18. The highest BCUT2D eigenvalue weighted by Gasteiger charge is 2.37. The molecule has 0 spiro atoms. The van der Waals surface area contributed by atoms with Crippen LogP contribution in [-0.4, -0.2) is 73.9 Å². The number of carboxylic acid groups (broad SMARTS) is 1. The quantitative estimate of drug-likeness (QED) is 0.382. The maximum Gasteiger partial charge on any atom is 0.410 e. The van der Waals surface area contributed by atoms with Crippen LogP contribution in [0.3, 0.4) is 0 Å². The van der Waals surface area contributed by atoms with Crippen LogP contribution < -0.4 is 4.74 Å². The van der Waals surface area contributed by atoms with Crippen molar-refractivity contribution in [2.24, 2.45) is 0 Å². The number of carbonyl (C=O) groups excluding carboxylic acids is 2. The fourth-order valence-electron chi connectivity index (χ4n) is 5.01. The summed E-state index contributed by atoms with van der Waals surface area (Å²) in [5, 5.41) is 14.1. The molecule has 2 saturated heterocycles. The average Bonchev–Trinajstić information content (AvgIpc) is 3.55. The summed E-state index contributed by atoms with van der Waals surface area (Å²) in [5.41, 5.74) is -0.191. The van der Waals surface area contributed by atoms with Gasteiger partial charge in [0, 0.05) is 42.5 Å². The lowest BCUT2D eigenvalue weighted by Crippen LogP contribution is -2.52. The summed E-state index contributed by atoms with van der Waals surface area (Å²) in [6.07, 6.45) is 1.83. The maximum absolute atomic E-state index is 15.2. The molecule has 3 heterocycles. The van der Waals surface area contributed by atoms with E-state index in [0.717, 1.165) is 11.0 Å². The number of nitrogens with zero attached hydrogens (tertiary/aromatic N) is 4. The van der Waals surface area contributed by atoms with E-state index in [-0.39, 0.29) is 24.8 Å². The number of rotatable bonds is 6. The van der Waals surface area contributed by atoms with Crippen molar-refractivity contribution in [3.05, 3.63) is 64.8 Å². The second-order valence-corrected chi connectivity index (χ2v) is 11.6. The van der Waals surface area contributed by atoms with Crippen LogP contribution in [0.1, 0.15) is 50.0 Å². The minimum atomic E-state index is -1.20. The molecule has 13 heteroatoms. The summed E-state index contributed by atoms with van der Waals surface area (Å²) in [7, 11) is 0. The Hall–Kier alpha value is -4.19. The molecule has 0 radical (unpaired) electrons. The number of aromatic nitrogens is 2. The second kappa shape index (κ2) is 11.2. The van der Waals surface area contributed by atoms with Gasteiger partial charge in [0.15, 0.2) is 11.6 Å². The SMILES string of the molecule is CC(C)(C)OC(=O)N1CC(n2nccc2-c2cc(Cl)ccc2Oc2cc(F)c(C(=O)N3CCCC3C(=O)O)cc2F)C1. The van der Waals surface area contributed by atoms with Crippen molar-refractivity contribution in [2.75, 3.05) is 19.6 Å². The highest BCUT2D eigenvalue weighted by atomic mass is 35.5. The van der Waals surface area contributed by atoms with E-state index < -0.39 is 52.6 Å². The average molecular weight is 603 g/mol. The van der Waals surface area contributed by atoms with Crippen LogP contribution in [0.25, 0.3) is 11.3 Å². The molecule has 42 heavy (non-hydrogen) atoms. The number of ether oxygens (including phenoxy) is 2. The first-order chi connectivity index (χ1) is 19.8. The summed E-state index contributed by atoms with van der Waals surface area (Å²) in [6.45, 7) is 6.21. The van der Waals surface area contributed by atoms with Gasteiger partial charge in [0.05, 0.1) is 17.3 Å². The van der Waals surface area contributed by atoms with Crippen molar-refractivity contribution in [1.82, 2.24) is 19.6 Å². The summed E-state index contributed by atoms with van der Waals surface area (Å²) in [6, 6.07) is 6.54. The van der Waals surface area contributed by atoms with Crippen molar-refractivity contribution in [3.8, 4) is 22.8 Å². The lowest BCUT2D eigenvalue weighted by Gasteiger charge is -2.40. The normalized spacial score (nSPS) is 17.2. The minimum absolute atomic E-state index is 0.132. The lowest BCUT2D eigenvalue weighted by atomic mass is 10.1. The van der Waals surface area contributed by atoms with E-state index in [9.17, 15) is 19.5 Å². The number of carbonyl (C=O) groups is 3. The number of hydrogen-bond acceptors (Lipinski definition) is 6. The second-order valence-electron chi connectivity index (χ2n) is 11.2. The maximum atomic E-state index is 15.2. The molecule has 5 rings (SSSR count). The van der Waals surface area contributed by atoms with E-state index in [4.69, 9.17) is 21.1 Å². The molecule has 2 aliphatic rings. The smallest absolute Gasteiger partial charge is 0.410 e. The molecule has 10 nitrogen and oxygen atoms in total. The largest absolute Gasteiger partial charge is 0.480 e. The molecule has 1 aromatic heterocycles. The van der Waals surface area contributed by atoms with Crippen LogP contribution in [0.15, 0.2) is 42.6 Å². The molecule has 1 atom stereocenters. The van der Waals surface area contributed by atoms with Crippen molar-refractivity contribution in [1.29, 1.82) is 0 Å². The van der Waals surface area contributed by atoms with Crippen molar-refractivity contribution in [3.63, 3.8) is 0 Å². The zero-order chi connectivity index (χ0) is 30.3. The lowest BCUT2D eigenvalue weighted by molar-refractivity contribution is -0.141. The number of likely N-dealkylation sites (tertiary alicyclic amines) is 2. The summed E-state index contributed by atoms with van der Waals surface area (Å²) in [5.74, 6) is -4.49. The van der Waals surface area contributed by atoms with E-state index in [1.54, 1.807) is 48.7 Å². The predicted octanol–water partition coefficient (Wildman–Crippen LogP) is 5.76. The van der Waals surface area contributed by atoms with E-state index in [0.29, 0.717) is 41.9 Å². The molecule has 2 fully saturated rings. The molecule has 0 saturated carbocycles. The molecule has 0 aliphatic carbocycles. The number of aliphatic carboxylic acids is 1. The van der Waals surface area contributed by atoms with Crippen LogP contribution >= 0.6 is 11.6 Å². The first-order valence-electron chi connectivity index (χ1n) is 13.3. The molecule has 222 valence electrons. The Morgan fingerprint density at radius 1 is 1.05 bits per heavy atom. The van der Waals surface area contributed by atoms with Crippen LogP contribution in [-0.2, 0) is 9.53 Å². The zero-order valence-electron chi connectivity index (χ0n) is 23.1. The predicted molar refractivity (Wildman–Crippen MR) is 148 cm³/mol. The molecular formula is C29H29ClF2N4O6. The van der Waals surface area contributed by atoms with Gasteiger partial charge in [-0.05, 0) is 63.9 Å². The first-order valence-corrected chi connectivity index (χ1v) is 13.7. The van der Waals surface area contributed by atoms with Crippen molar-refractivity contribution < 1.29 is 37.7 Å². The Labute approximate surface area is 245 Å². The number of hydrogen-bond donors (Lipinski definition) is 1. The third kappa shape index (κ3) is 5.89. The zero-order valence-corrected chi connectivity index (χ0v) is 23.9. The molecule has 2 amide bonds. The van der Waals surface area contributed by atoms with Gasteiger partial charge >= 0.3 is 12.1 Å². The third-order valence-corrected chi connectivity index (χ3v) is 7.25. The van der Waals surface area contributed by atoms with Gasteiger partial charge in [-0.15, -0.1) is 0 Å². The molecule has 3 aromatic rings. The number of halogens is 3. The molecule has 1 unspecified atom stereocenters. The topological polar surface area (TPSA) is 114 Å². The highest BCUT2D eigenvalue weighted by molar-refractivity contribution is 6.31. The molecular weight excluding hydrogens is 574 g/mol. The first kappa shape index (κ1) is 29.3. The molecule has 2 aromatic carbocycles. The van der Waals surface area contributed by atoms with Crippen LogP contribution in [0.5, 0.6) is 11.5 Å². The fraction of sp³-hybridized carbons (Fsp3) is 0.379. The Morgan fingerprint density at radius 2 is 1.79 bits per heavy atom. The van der Waals surface area contributed by atoms with Crippen LogP contribution in [0.4, 0.5) is 13.6 Å². The van der Waals surface area contributed by atoms with Crippen LogP contribution in [0.2, 0.25) is 5.02 Å². The van der Waals surface area contributed by atoms with Crippen molar-refractivity contribution >= 4 is 29.6 Å². The monoisotopic (exact) mass is 602 g/mol. The van der Waals surface area contributed by atoms with Gasteiger partial charge in [-0.25, -0.2) is 18.4 Å². The highest BCUT2D eigenvalue weighted by Crippen LogP contribution is 2.39. The van der Waals surface area contributed by atoms with E-state index in [2.05, 4.69) is 5.10 Å². The standard InChI is InChI=1S/C29H29ClF2N4O6/c1-29(2,3)42-28(40)34-14-17(15-34)36-22(8-9-33-36)19-11-16(30)6-7-24(19)41-25-13-20(31)18(12-21(25)32)26(37)35-10-4-5-23(35)27(38)39/h6-9,11-13,17,23H,4-5,10,14-15H2,1-3H3,(H,38,39). The summed E-state index contributed by atoms with van der Waals surface area (Å²) in [4.78, 5) is 39.3. The molecule has 2 aliphatic heterocycles. The van der Waals surface area contributed by atoms with Gasteiger partial charge in [0.25, 0.3) is 5.91 Å². The molecule has 0 bridgehead atoms. The Kier molecular flexibility index (Phi) is 7.84. The summed E-state index contributed by atoms with van der Waals surface area (Å²) < 4.78 is 43.2. The van der Waals surface area contributed by atoms with Gasteiger partial charge in [-0.1, -0.05) is 11.6 Å². The van der Waals surface area contributed by atoms with Gasteiger partial charge < -0.3 is 24.4 Å². The number of amides is 2. The van der Waals surface area contributed by atoms with Crippen molar-refractivity contribution in [2.45, 2.75) is 51.3 Å². The van der Waals surface area contributed by atoms with E-state index in [1.165, 1.54) is 12.1 Å². The van der Waals surface area contributed by atoms with Gasteiger partial charge in [0.1, 0.15) is 23.2 Å². The Balaban J connectivity index is 1.38. The minimum Gasteiger partial charge on any atom is -0.480 e. The Bertz CT molecular complexity index is 1550. The van der Waals surface area contributed by atoms with E-state index >= 15 is 8.78 Å². The molecule has 1 N–H and O–H groups in total. The van der Waals surface area contributed by atoms with Gasteiger partial charge in [0.2, 0.25) is 0 Å². The van der Waals surface area contributed by atoms with Crippen LogP contribution in [0, 0.1) is 11.6 Å². The summed E-state index contributed by atoms with van der Waals surface area (Å²) >= 11 is 6.28. The van der Waals surface area contributed by atoms with Gasteiger partial charge in [-0.3, -0.25) is 9.48 Å².